The Balaban J connectivity index is 1.69. The molecule has 2 aliphatic rings. The van der Waals surface area contributed by atoms with E-state index in [1.807, 2.05) is 25.2 Å². The van der Waals surface area contributed by atoms with Crippen LogP contribution < -0.4 is 20.3 Å². The van der Waals surface area contributed by atoms with Gasteiger partial charge in [0.05, 0.1) is 29.4 Å². The summed E-state index contributed by atoms with van der Waals surface area (Å²) in [5.74, 6) is -2.53. The Kier molecular flexibility index (Phi) is 7.94. The molecular weight excluding hydrogens is 580 g/mol. The lowest BCUT2D eigenvalue weighted by Gasteiger charge is -2.40. The minimum atomic E-state index is -1.11. The molecule has 1 fully saturated rings. The van der Waals surface area contributed by atoms with E-state index in [2.05, 4.69) is 36.3 Å². The van der Waals surface area contributed by atoms with E-state index in [1.165, 1.54) is 31.4 Å². The number of fused-ring (bicyclic) bond motifs is 2. The Morgan fingerprint density at radius 2 is 1.90 bits per heavy atom. The summed E-state index contributed by atoms with van der Waals surface area (Å²) < 4.78 is 21.4. The van der Waals surface area contributed by atoms with Crippen molar-refractivity contribution in [1.29, 1.82) is 0 Å². The number of hydrogen-bond donors (Lipinski definition) is 3. The van der Waals surface area contributed by atoms with Crippen molar-refractivity contribution in [3.63, 3.8) is 0 Å². The molecule has 0 bridgehead atoms. The van der Waals surface area contributed by atoms with Crippen LogP contribution in [0.25, 0.3) is 0 Å². The molecule has 0 aliphatic carbocycles. The molecule has 0 radical (unpaired) electrons. The smallest absolute Gasteiger partial charge is 0.335 e. The first-order chi connectivity index (χ1) is 19.8. The zero-order valence-corrected chi connectivity index (χ0v) is 25.6. The van der Waals surface area contributed by atoms with Crippen LogP contribution >= 0.6 is 23.2 Å². The standard InChI is InChI=1S/C32H34Cl2FN3O4/c1-31(2,3)15-25-32(16-38(4)23-14-18(33)10-11-20(23)32)26(19-7-6-8-21(34)27(19)35)28(37-25)29(39)36-22-12-9-17(30(40)41)13-24(22)42-5/h6-14,25-26,28,37H,15-16H2,1-5H3,(H,36,39)(H,40,41)/t25-,26-,28+,32-/m0/s1. The van der Waals surface area contributed by atoms with Crippen molar-refractivity contribution >= 4 is 46.5 Å². The third kappa shape index (κ3) is 5.21. The van der Waals surface area contributed by atoms with Crippen LogP contribution in [-0.4, -0.2) is 49.8 Å². The number of halogens is 3. The number of nitrogens with zero attached hydrogens (tertiary/aromatic N) is 1. The molecule has 5 rings (SSSR count). The molecule has 0 aromatic heterocycles. The number of benzene rings is 3. The number of likely N-dealkylation sites (N-methyl/N-ethyl adjacent to an activating group) is 1. The van der Waals surface area contributed by atoms with Gasteiger partial charge in [0.15, 0.2) is 0 Å². The van der Waals surface area contributed by atoms with Gasteiger partial charge in [-0.15, -0.1) is 0 Å². The zero-order chi connectivity index (χ0) is 30.6. The van der Waals surface area contributed by atoms with E-state index in [0.717, 1.165) is 11.3 Å². The second-order valence-corrected chi connectivity index (χ2v) is 13.2. The summed E-state index contributed by atoms with van der Waals surface area (Å²) in [7, 11) is 3.38. The summed E-state index contributed by atoms with van der Waals surface area (Å²) in [6.07, 6.45) is 0.696. The van der Waals surface area contributed by atoms with E-state index >= 15 is 4.39 Å². The molecule has 3 aromatic carbocycles. The maximum atomic E-state index is 16.0. The largest absolute Gasteiger partial charge is 0.495 e. The average Bonchev–Trinajstić information content (AvgIpc) is 3.38. The fourth-order valence-electron chi connectivity index (χ4n) is 6.75. The summed E-state index contributed by atoms with van der Waals surface area (Å²) in [4.78, 5) is 27.9. The maximum absolute atomic E-state index is 16.0. The van der Waals surface area contributed by atoms with Crippen molar-refractivity contribution in [2.24, 2.45) is 5.41 Å². The highest BCUT2D eigenvalue weighted by Crippen LogP contribution is 2.58. The van der Waals surface area contributed by atoms with Gasteiger partial charge in [-0.3, -0.25) is 4.79 Å². The van der Waals surface area contributed by atoms with Gasteiger partial charge in [-0.2, -0.15) is 0 Å². The highest BCUT2D eigenvalue weighted by atomic mass is 35.5. The van der Waals surface area contributed by atoms with Gasteiger partial charge in [0.1, 0.15) is 11.6 Å². The number of nitrogens with one attached hydrogen (secondary N) is 2. The Labute approximate surface area is 255 Å². The first kappa shape index (κ1) is 30.1. The van der Waals surface area contributed by atoms with Gasteiger partial charge in [0.25, 0.3) is 0 Å². The van der Waals surface area contributed by atoms with Crippen LogP contribution in [0.5, 0.6) is 5.75 Å². The molecule has 4 atom stereocenters. The minimum Gasteiger partial charge on any atom is -0.495 e. The quantitative estimate of drug-likeness (QED) is 0.286. The number of carboxylic acid groups (broad SMARTS) is 1. The highest BCUT2D eigenvalue weighted by molar-refractivity contribution is 6.31. The summed E-state index contributed by atoms with van der Waals surface area (Å²) in [5, 5.41) is 16.5. The number of carbonyl (C=O) groups is 2. The van der Waals surface area contributed by atoms with Crippen LogP contribution in [0.3, 0.4) is 0 Å². The molecule has 0 unspecified atom stereocenters. The first-order valence-corrected chi connectivity index (χ1v) is 14.5. The van der Waals surface area contributed by atoms with Crippen LogP contribution in [-0.2, 0) is 10.2 Å². The monoisotopic (exact) mass is 613 g/mol. The number of carbonyl (C=O) groups excluding carboxylic acids is 1. The van der Waals surface area contributed by atoms with Gasteiger partial charge < -0.3 is 25.4 Å². The minimum absolute atomic E-state index is 0.0188. The third-order valence-electron chi connectivity index (χ3n) is 8.38. The van der Waals surface area contributed by atoms with Crippen molar-refractivity contribution in [1.82, 2.24) is 5.32 Å². The molecule has 222 valence electrons. The van der Waals surface area contributed by atoms with Crippen LogP contribution in [0.1, 0.15) is 54.6 Å². The lowest BCUT2D eigenvalue weighted by molar-refractivity contribution is -0.118. The summed E-state index contributed by atoms with van der Waals surface area (Å²) >= 11 is 12.8. The van der Waals surface area contributed by atoms with Crippen LogP contribution in [0, 0.1) is 11.2 Å². The topological polar surface area (TPSA) is 90.9 Å². The average molecular weight is 615 g/mol. The number of methoxy groups -OCH3 is 1. The van der Waals surface area contributed by atoms with Crippen molar-refractivity contribution in [3.05, 3.63) is 87.2 Å². The molecule has 1 spiro atoms. The number of anilines is 2. The molecule has 42 heavy (non-hydrogen) atoms. The van der Waals surface area contributed by atoms with Gasteiger partial charge in [-0.1, -0.05) is 62.2 Å². The van der Waals surface area contributed by atoms with Gasteiger partial charge in [-0.05, 0) is 59.4 Å². The van der Waals surface area contributed by atoms with Gasteiger partial charge in [0, 0.05) is 41.7 Å². The lowest BCUT2D eigenvalue weighted by atomic mass is 9.63. The summed E-state index contributed by atoms with van der Waals surface area (Å²) in [5.41, 5.74) is 1.75. The van der Waals surface area contributed by atoms with Crippen LogP contribution in [0.2, 0.25) is 10.0 Å². The van der Waals surface area contributed by atoms with E-state index in [4.69, 9.17) is 27.9 Å². The highest BCUT2D eigenvalue weighted by Gasteiger charge is 2.62. The van der Waals surface area contributed by atoms with E-state index in [9.17, 15) is 14.7 Å². The van der Waals surface area contributed by atoms with Crippen LogP contribution in [0.15, 0.2) is 54.6 Å². The number of carboxylic acids is 1. The van der Waals surface area contributed by atoms with Gasteiger partial charge >= 0.3 is 5.97 Å². The van der Waals surface area contributed by atoms with Crippen molar-refractivity contribution in [3.8, 4) is 5.75 Å². The lowest BCUT2D eigenvalue weighted by Crippen LogP contribution is -2.47. The molecule has 3 N–H and O–H groups in total. The normalized spacial score (nSPS) is 23.2. The van der Waals surface area contributed by atoms with E-state index in [0.29, 0.717) is 29.2 Å². The first-order valence-electron chi connectivity index (χ1n) is 13.7. The molecule has 2 heterocycles. The Morgan fingerprint density at radius 3 is 2.57 bits per heavy atom. The molecule has 1 amide bonds. The molecule has 3 aromatic rings. The van der Waals surface area contributed by atoms with Crippen molar-refractivity contribution in [2.45, 2.75) is 50.6 Å². The summed E-state index contributed by atoms with van der Waals surface area (Å²) in [6.45, 7) is 6.94. The predicted molar refractivity (Wildman–Crippen MR) is 164 cm³/mol. The third-order valence-corrected chi connectivity index (χ3v) is 8.91. The molecular formula is C32H34Cl2FN3O4. The second-order valence-electron chi connectivity index (χ2n) is 12.3. The number of ether oxygens (including phenoxy) is 1. The SMILES string of the molecule is COc1cc(C(=O)O)ccc1NC(=O)[C@@H]1N[C@@H](CC(C)(C)C)[C@@]2(CN(C)c3cc(Cl)ccc32)[C@H]1c1cccc(Cl)c1F. The molecule has 1 saturated heterocycles. The van der Waals surface area contributed by atoms with E-state index in [1.54, 1.807) is 12.1 Å². The Hall–Kier alpha value is -3.33. The molecule has 2 aliphatic heterocycles. The molecule has 10 heteroatoms. The number of rotatable bonds is 6. The fraction of sp³-hybridized carbons (Fsp3) is 0.375. The zero-order valence-electron chi connectivity index (χ0n) is 24.1. The van der Waals surface area contributed by atoms with E-state index in [-0.39, 0.29) is 27.8 Å². The van der Waals surface area contributed by atoms with Gasteiger partial charge in [-0.25, -0.2) is 9.18 Å². The van der Waals surface area contributed by atoms with E-state index < -0.39 is 35.1 Å². The predicted octanol–water partition coefficient (Wildman–Crippen LogP) is 6.73. The number of hydrogen-bond acceptors (Lipinski definition) is 5. The van der Waals surface area contributed by atoms with Crippen molar-refractivity contribution < 1.29 is 23.8 Å². The number of aromatic carboxylic acids is 1. The van der Waals surface area contributed by atoms with Crippen LogP contribution in [0.4, 0.5) is 15.8 Å². The Morgan fingerprint density at radius 1 is 1.17 bits per heavy atom. The maximum Gasteiger partial charge on any atom is 0.335 e. The molecule has 0 saturated carbocycles. The second kappa shape index (κ2) is 11.1. The summed E-state index contributed by atoms with van der Waals surface area (Å²) in [6, 6.07) is 13.8. The van der Waals surface area contributed by atoms with Crippen molar-refractivity contribution in [2.75, 3.05) is 30.9 Å². The van der Waals surface area contributed by atoms with Gasteiger partial charge in [0.2, 0.25) is 5.91 Å². The number of amides is 1. The molecule has 7 nitrogen and oxygen atoms in total. The fourth-order valence-corrected chi connectivity index (χ4v) is 7.10. The Bertz CT molecular complexity index is 1560.